The van der Waals surface area contributed by atoms with Gasteiger partial charge in [0.1, 0.15) is 0 Å². The maximum Gasteiger partial charge on any atom is 0.248 e. The zero-order valence-corrected chi connectivity index (χ0v) is 15.2. The van der Waals surface area contributed by atoms with Crippen molar-refractivity contribution in [3.8, 4) is 0 Å². The van der Waals surface area contributed by atoms with Crippen LogP contribution in [0, 0.1) is 6.92 Å². The van der Waals surface area contributed by atoms with E-state index in [0.717, 1.165) is 48.9 Å². The van der Waals surface area contributed by atoms with E-state index in [-0.39, 0.29) is 11.9 Å². The SMILES string of the molecule is Cc1nc(CN2Cc3ccnn3[C@@H](CC(=O)N3CCCCO3)C2)cs1. The zero-order valence-electron chi connectivity index (χ0n) is 14.4. The second-order valence-electron chi connectivity index (χ2n) is 6.69. The number of nitrogens with zero attached hydrogens (tertiary/aromatic N) is 5. The predicted octanol–water partition coefficient (Wildman–Crippen LogP) is 2.15. The average Bonchev–Trinajstić information content (AvgIpc) is 3.24. The van der Waals surface area contributed by atoms with Crippen LogP contribution >= 0.6 is 11.3 Å². The Hall–Kier alpha value is -1.77. The summed E-state index contributed by atoms with van der Waals surface area (Å²) in [5, 5.41) is 9.19. The van der Waals surface area contributed by atoms with E-state index < -0.39 is 0 Å². The smallest absolute Gasteiger partial charge is 0.248 e. The number of hydroxylamine groups is 2. The quantitative estimate of drug-likeness (QED) is 0.835. The summed E-state index contributed by atoms with van der Waals surface area (Å²) in [4.78, 5) is 25.0. The van der Waals surface area contributed by atoms with Gasteiger partial charge in [-0.3, -0.25) is 19.2 Å². The maximum absolute atomic E-state index is 12.6. The number of hydrogen-bond acceptors (Lipinski definition) is 6. The van der Waals surface area contributed by atoms with E-state index in [1.807, 2.05) is 23.9 Å². The molecule has 1 fully saturated rings. The highest BCUT2D eigenvalue weighted by molar-refractivity contribution is 7.09. The molecule has 0 bridgehead atoms. The predicted molar refractivity (Wildman–Crippen MR) is 93.7 cm³/mol. The van der Waals surface area contributed by atoms with Gasteiger partial charge in [-0.15, -0.1) is 11.3 Å². The van der Waals surface area contributed by atoms with Gasteiger partial charge < -0.3 is 0 Å². The highest BCUT2D eigenvalue weighted by Gasteiger charge is 2.30. The lowest BCUT2D eigenvalue weighted by Crippen LogP contribution is -2.42. The molecule has 0 unspecified atom stereocenters. The normalized spacial score (nSPS) is 21.3. The fourth-order valence-electron chi connectivity index (χ4n) is 3.54. The van der Waals surface area contributed by atoms with Gasteiger partial charge in [0, 0.05) is 37.8 Å². The Kier molecular flexibility index (Phi) is 4.82. The van der Waals surface area contributed by atoms with Crippen LogP contribution in [0.1, 0.15) is 41.7 Å². The number of aryl methyl sites for hydroxylation is 1. The molecule has 1 saturated heterocycles. The average molecular weight is 361 g/mol. The van der Waals surface area contributed by atoms with E-state index >= 15 is 0 Å². The summed E-state index contributed by atoms with van der Waals surface area (Å²) < 4.78 is 2.00. The van der Waals surface area contributed by atoms with Crippen molar-refractivity contribution in [2.45, 2.75) is 45.3 Å². The number of hydrogen-bond donors (Lipinski definition) is 0. The molecule has 2 aromatic rings. The molecular formula is C17H23N5O2S. The Balaban J connectivity index is 1.45. The summed E-state index contributed by atoms with van der Waals surface area (Å²) >= 11 is 1.68. The molecule has 8 heteroatoms. The Morgan fingerprint density at radius 1 is 1.44 bits per heavy atom. The van der Waals surface area contributed by atoms with Crippen LogP contribution in [-0.4, -0.2) is 50.3 Å². The number of thiazole rings is 1. The Bertz CT molecular complexity index is 737. The summed E-state index contributed by atoms with van der Waals surface area (Å²) in [6.45, 7) is 5.80. The van der Waals surface area contributed by atoms with Gasteiger partial charge in [0.2, 0.25) is 5.91 Å². The molecule has 2 aromatic heterocycles. The van der Waals surface area contributed by atoms with Gasteiger partial charge in [-0.25, -0.2) is 10.0 Å². The number of carbonyl (C=O) groups is 1. The fraction of sp³-hybridized carbons (Fsp3) is 0.588. The lowest BCUT2D eigenvalue weighted by Gasteiger charge is -2.34. The van der Waals surface area contributed by atoms with E-state index in [9.17, 15) is 4.79 Å². The minimum atomic E-state index is 0.0384. The van der Waals surface area contributed by atoms with Crippen molar-refractivity contribution >= 4 is 17.2 Å². The molecule has 4 rings (SSSR count). The van der Waals surface area contributed by atoms with Gasteiger partial charge in [0.05, 0.1) is 35.5 Å². The van der Waals surface area contributed by atoms with Crippen molar-refractivity contribution in [3.05, 3.63) is 34.0 Å². The van der Waals surface area contributed by atoms with Gasteiger partial charge in [-0.1, -0.05) is 0 Å². The molecule has 0 spiro atoms. The van der Waals surface area contributed by atoms with E-state index in [0.29, 0.717) is 19.6 Å². The van der Waals surface area contributed by atoms with Crippen LogP contribution < -0.4 is 0 Å². The number of fused-ring (bicyclic) bond motifs is 1. The monoisotopic (exact) mass is 361 g/mol. The largest absolute Gasteiger partial charge is 0.290 e. The minimum Gasteiger partial charge on any atom is -0.290 e. The second-order valence-corrected chi connectivity index (χ2v) is 7.75. The van der Waals surface area contributed by atoms with E-state index in [1.54, 1.807) is 11.3 Å². The van der Waals surface area contributed by atoms with E-state index in [1.165, 1.54) is 5.06 Å². The van der Waals surface area contributed by atoms with E-state index in [4.69, 9.17) is 4.84 Å². The van der Waals surface area contributed by atoms with Crippen LogP contribution in [0.3, 0.4) is 0 Å². The van der Waals surface area contributed by atoms with Crippen molar-refractivity contribution in [3.63, 3.8) is 0 Å². The van der Waals surface area contributed by atoms with Crippen molar-refractivity contribution in [2.24, 2.45) is 0 Å². The lowest BCUT2D eigenvalue weighted by molar-refractivity contribution is -0.198. The molecule has 0 saturated carbocycles. The maximum atomic E-state index is 12.6. The molecule has 134 valence electrons. The lowest BCUT2D eigenvalue weighted by atomic mass is 10.1. The first-order valence-electron chi connectivity index (χ1n) is 8.78. The number of rotatable bonds is 4. The minimum absolute atomic E-state index is 0.0384. The molecule has 2 aliphatic heterocycles. The van der Waals surface area contributed by atoms with Crippen LogP contribution in [0.4, 0.5) is 0 Å². The third-order valence-corrected chi connectivity index (χ3v) is 5.52. The molecule has 1 atom stereocenters. The molecule has 7 nitrogen and oxygen atoms in total. The first-order valence-corrected chi connectivity index (χ1v) is 9.66. The third kappa shape index (κ3) is 3.75. The van der Waals surface area contributed by atoms with Crippen molar-refractivity contribution < 1.29 is 9.63 Å². The molecule has 4 heterocycles. The number of aromatic nitrogens is 3. The summed E-state index contributed by atoms with van der Waals surface area (Å²) in [7, 11) is 0. The first kappa shape index (κ1) is 16.7. The Morgan fingerprint density at radius 2 is 2.36 bits per heavy atom. The Morgan fingerprint density at radius 3 is 3.12 bits per heavy atom. The van der Waals surface area contributed by atoms with Gasteiger partial charge >= 0.3 is 0 Å². The van der Waals surface area contributed by atoms with Gasteiger partial charge in [-0.05, 0) is 25.8 Å². The molecule has 2 aliphatic rings. The highest BCUT2D eigenvalue weighted by Crippen LogP contribution is 2.25. The van der Waals surface area contributed by atoms with Crippen molar-refractivity contribution in [2.75, 3.05) is 19.7 Å². The van der Waals surface area contributed by atoms with Crippen LogP contribution in [-0.2, 0) is 22.7 Å². The highest BCUT2D eigenvalue weighted by atomic mass is 32.1. The van der Waals surface area contributed by atoms with Crippen molar-refractivity contribution in [1.82, 2.24) is 24.7 Å². The number of amides is 1. The zero-order chi connectivity index (χ0) is 17.2. The third-order valence-electron chi connectivity index (χ3n) is 4.70. The molecule has 0 aliphatic carbocycles. The van der Waals surface area contributed by atoms with Gasteiger partial charge in [-0.2, -0.15) is 5.10 Å². The topological polar surface area (TPSA) is 63.5 Å². The molecule has 0 radical (unpaired) electrons. The molecule has 1 amide bonds. The summed E-state index contributed by atoms with van der Waals surface area (Å²) in [5.41, 5.74) is 2.25. The molecule has 0 aromatic carbocycles. The van der Waals surface area contributed by atoms with Crippen molar-refractivity contribution in [1.29, 1.82) is 0 Å². The second kappa shape index (κ2) is 7.23. The van der Waals surface area contributed by atoms with Crippen LogP contribution in [0.2, 0.25) is 0 Å². The molecule has 25 heavy (non-hydrogen) atoms. The molecule has 0 N–H and O–H groups in total. The first-order chi connectivity index (χ1) is 12.2. The van der Waals surface area contributed by atoms with Gasteiger partial charge in [0.15, 0.2) is 0 Å². The van der Waals surface area contributed by atoms with Crippen LogP contribution in [0.15, 0.2) is 17.6 Å². The standard InChI is InChI=1S/C17H23N5O2S/c1-13-19-14(12-25-13)9-20-10-15-4-5-18-22(15)16(11-20)8-17(23)21-6-2-3-7-24-21/h4-5,12,16H,2-3,6-11H2,1H3/t16-/m0/s1. The van der Waals surface area contributed by atoms with E-state index in [2.05, 4.69) is 20.4 Å². The fourth-order valence-corrected chi connectivity index (χ4v) is 4.15. The number of carbonyl (C=O) groups excluding carboxylic acids is 1. The Labute approximate surface area is 151 Å². The van der Waals surface area contributed by atoms with Crippen LogP contribution in [0.25, 0.3) is 0 Å². The molecular weight excluding hydrogens is 338 g/mol. The van der Waals surface area contributed by atoms with Crippen LogP contribution in [0.5, 0.6) is 0 Å². The summed E-state index contributed by atoms with van der Waals surface area (Å²) in [5.74, 6) is 0.0532. The van der Waals surface area contributed by atoms with Gasteiger partial charge in [0.25, 0.3) is 0 Å². The summed E-state index contributed by atoms with van der Waals surface area (Å²) in [6.07, 6.45) is 4.28. The summed E-state index contributed by atoms with van der Waals surface area (Å²) in [6, 6.07) is 2.07.